The Balaban J connectivity index is 0.000000174. The van der Waals surface area contributed by atoms with E-state index in [2.05, 4.69) is 84.4 Å². The van der Waals surface area contributed by atoms with Gasteiger partial charge in [0.05, 0.1) is 39.0 Å². The van der Waals surface area contributed by atoms with Crippen LogP contribution in [0.25, 0.3) is 22.3 Å². The number of aromatic nitrogens is 8. The van der Waals surface area contributed by atoms with Crippen molar-refractivity contribution in [3.63, 3.8) is 0 Å². The normalized spacial score (nSPS) is 19.7. The van der Waals surface area contributed by atoms with Crippen molar-refractivity contribution < 1.29 is 44.2 Å². The SMILES string of the molecule is COC[C@H]1O[C@@H](n2cnc3c(NCC(c4ccccc4)c4ccccc4)nc(CN)nc32)[C@H](O)[C@@H]1O.COC[C@H]1O[C@@H](n2cnc3c(NCC(c4ccccc4)c4ccccc4)nc(CNCc4ccc(Cl)cc4)nc32)[C@H](O)[C@@H]1O.O=Cc1ccc(Cl)cc1. The lowest BCUT2D eigenvalue weighted by atomic mass is 9.91. The van der Waals surface area contributed by atoms with Crippen LogP contribution < -0.4 is 21.7 Å². The molecular formula is C66H70Cl2N12O9. The molecule has 4 aromatic heterocycles. The maximum atomic E-state index is 10.9. The lowest BCUT2D eigenvalue weighted by Gasteiger charge is -2.20. The van der Waals surface area contributed by atoms with Crippen molar-refractivity contribution in [3.8, 4) is 0 Å². The van der Waals surface area contributed by atoms with Crippen LogP contribution in [-0.4, -0.2) is 143 Å². The molecule has 0 unspecified atom stereocenters. The first kappa shape index (κ1) is 63.9. The number of rotatable bonds is 22. The largest absolute Gasteiger partial charge is 0.387 e. The van der Waals surface area contributed by atoms with Crippen LogP contribution in [-0.2, 0) is 38.6 Å². The van der Waals surface area contributed by atoms with Crippen molar-refractivity contribution in [1.29, 1.82) is 0 Å². The van der Waals surface area contributed by atoms with Crippen LogP contribution >= 0.6 is 23.2 Å². The molecule has 0 saturated carbocycles. The first-order chi connectivity index (χ1) is 43.4. The number of nitrogens with one attached hydrogen (secondary N) is 3. The molecule has 2 saturated heterocycles. The number of nitrogens with two attached hydrogens (primary N) is 1. The van der Waals surface area contributed by atoms with Crippen LogP contribution in [0.15, 0.2) is 183 Å². The van der Waals surface area contributed by atoms with Gasteiger partial charge in [-0.25, -0.2) is 29.9 Å². The molecule has 0 amide bonds. The molecule has 6 heterocycles. The minimum Gasteiger partial charge on any atom is -0.387 e. The zero-order valence-electron chi connectivity index (χ0n) is 48.9. The average Bonchev–Trinajstić information content (AvgIpc) is 1.71. The average molecular weight is 1250 g/mol. The Hall–Kier alpha value is -8.13. The van der Waals surface area contributed by atoms with E-state index < -0.39 is 49.1 Å². The fourth-order valence-corrected chi connectivity index (χ4v) is 10.9. The highest BCUT2D eigenvalue weighted by molar-refractivity contribution is 6.30. The molecule has 9 N–H and O–H groups in total. The third kappa shape index (κ3) is 15.7. The molecule has 23 heteroatoms. The number of ether oxygens (including phenoxy) is 4. The van der Waals surface area contributed by atoms with Gasteiger partial charge in [-0.3, -0.25) is 13.9 Å². The van der Waals surface area contributed by atoms with Crippen molar-refractivity contribution in [1.82, 2.24) is 44.4 Å². The van der Waals surface area contributed by atoms with Crippen molar-refractivity contribution in [2.24, 2.45) is 5.73 Å². The van der Waals surface area contributed by atoms with E-state index >= 15 is 0 Å². The molecule has 8 atom stereocenters. The van der Waals surface area contributed by atoms with E-state index in [0.29, 0.717) is 87.4 Å². The van der Waals surface area contributed by atoms with E-state index in [1.807, 2.05) is 97.1 Å². The second-order valence-corrected chi connectivity index (χ2v) is 22.1. The van der Waals surface area contributed by atoms with Gasteiger partial charge in [0.2, 0.25) is 0 Å². The minimum atomic E-state index is -1.19. The predicted molar refractivity (Wildman–Crippen MR) is 339 cm³/mol. The number of hydrogen-bond acceptors (Lipinski definition) is 19. The summed E-state index contributed by atoms with van der Waals surface area (Å²) in [5, 5.41) is 54.3. The van der Waals surface area contributed by atoms with Crippen LogP contribution in [0.4, 0.5) is 11.6 Å². The van der Waals surface area contributed by atoms with Gasteiger partial charge >= 0.3 is 0 Å². The number of carbonyl (C=O) groups is 1. The third-order valence-electron chi connectivity index (χ3n) is 15.3. The molecule has 6 aromatic carbocycles. The number of halogens is 2. The van der Waals surface area contributed by atoms with Gasteiger partial charge in [0.1, 0.15) is 54.6 Å². The monoisotopic (exact) mass is 1240 g/mol. The number of carbonyl (C=O) groups excluding carboxylic acids is 1. The number of imidazole rings is 2. The zero-order chi connectivity index (χ0) is 62.2. The predicted octanol–water partition coefficient (Wildman–Crippen LogP) is 8.23. The number of nitrogens with zero attached hydrogens (tertiary/aromatic N) is 8. The zero-order valence-corrected chi connectivity index (χ0v) is 50.4. The van der Waals surface area contributed by atoms with Gasteiger partial charge in [-0.05, 0) is 52.1 Å². The highest BCUT2D eigenvalue weighted by atomic mass is 35.5. The Morgan fingerprint density at radius 3 is 1.33 bits per heavy atom. The molecule has 2 aliphatic rings. The van der Waals surface area contributed by atoms with Crippen LogP contribution in [0.5, 0.6) is 0 Å². The van der Waals surface area contributed by atoms with Crippen molar-refractivity contribution in [3.05, 3.63) is 238 Å². The fourth-order valence-electron chi connectivity index (χ4n) is 10.7. The standard InChI is InChI=1S/C33H35ClN6O4.C26H30N6O4.C7H5ClO/c1-43-19-26-29(41)30(42)33(44-26)40-20-37-28-31(36-17-25(22-8-4-2-5-9-22)23-10-6-3-7-11-23)38-27(39-32(28)40)18-35-16-21-12-14-24(34)15-13-21;1-35-14-19-22(33)23(34)26(36-19)32-15-29-21-24(30-20(12-27)31-25(21)32)28-13-18(16-8-4-2-5-9-16)17-10-6-3-7-11-17;8-7-3-1-6(5-9)2-4-7/h2-15,20,25-26,29-30,33,35,41-42H,16-19H2,1H3,(H,36,38,39);2-11,15,18-19,22-23,26,33-34H,12-14,27H2,1H3,(H,28,30,31);1-5H/t26-,29-,30-,33-;19-,22-,23-,26-;/m11./s1. The quantitative estimate of drug-likeness (QED) is 0.0297. The Morgan fingerprint density at radius 2 is 0.933 bits per heavy atom. The van der Waals surface area contributed by atoms with Crippen LogP contribution in [0.1, 0.15) is 74.1 Å². The molecule has 89 heavy (non-hydrogen) atoms. The van der Waals surface area contributed by atoms with E-state index in [4.69, 9.17) is 57.9 Å². The first-order valence-corrected chi connectivity index (χ1v) is 29.7. The van der Waals surface area contributed by atoms with Crippen LogP contribution in [0.3, 0.4) is 0 Å². The van der Waals surface area contributed by atoms with Gasteiger partial charge in [-0.1, -0.05) is 169 Å². The smallest absolute Gasteiger partial charge is 0.168 e. The number of aliphatic hydroxyl groups excluding tert-OH is 4. The highest BCUT2D eigenvalue weighted by Gasteiger charge is 2.46. The molecule has 462 valence electrons. The van der Waals surface area contributed by atoms with Gasteiger partial charge in [0, 0.05) is 61.3 Å². The van der Waals surface area contributed by atoms with E-state index in [-0.39, 0.29) is 31.6 Å². The number of anilines is 2. The number of fused-ring (bicyclic) bond motifs is 2. The summed E-state index contributed by atoms with van der Waals surface area (Å²) in [7, 11) is 3.04. The second kappa shape index (κ2) is 30.9. The first-order valence-electron chi connectivity index (χ1n) is 29.0. The molecule has 21 nitrogen and oxygen atoms in total. The van der Waals surface area contributed by atoms with Crippen molar-refractivity contribution in [2.45, 2.75) is 80.5 Å². The second-order valence-electron chi connectivity index (χ2n) is 21.2. The van der Waals surface area contributed by atoms with E-state index in [0.717, 1.165) is 11.8 Å². The lowest BCUT2D eigenvalue weighted by molar-refractivity contribution is -0.0580. The van der Waals surface area contributed by atoms with Gasteiger partial charge in [0.15, 0.2) is 46.4 Å². The Labute approximate surface area is 524 Å². The Morgan fingerprint density at radius 1 is 0.539 bits per heavy atom. The van der Waals surface area contributed by atoms with Crippen LogP contribution in [0, 0.1) is 0 Å². The number of aldehydes is 1. The Kier molecular flexibility index (Phi) is 22.2. The molecule has 12 rings (SSSR count). The number of aliphatic hydroxyl groups is 4. The van der Waals surface area contributed by atoms with Gasteiger partial charge in [-0.15, -0.1) is 0 Å². The summed E-state index contributed by atoms with van der Waals surface area (Å²) in [4.78, 5) is 38.1. The van der Waals surface area contributed by atoms with Gasteiger partial charge < -0.3 is 61.1 Å². The maximum Gasteiger partial charge on any atom is 0.168 e. The maximum absolute atomic E-state index is 10.9. The molecule has 2 fully saturated rings. The number of benzene rings is 6. The third-order valence-corrected chi connectivity index (χ3v) is 15.8. The van der Waals surface area contributed by atoms with E-state index in [1.54, 1.807) is 39.7 Å². The molecule has 0 spiro atoms. The summed E-state index contributed by atoms with van der Waals surface area (Å²) in [6, 6.07) is 55.6. The summed E-state index contributed by atoms with van der Waals surface area (Å²) in [5.74, 6) is 2.19. The Bertz CT molecular complexity index is 3750. The number of methoxy groups -OCH3 is 2. The molecule has 0 bridgehead atoms. The topological polar surface area (TPSA) is 284 Å². The van der Waals surface area contributed by atoms with Crippen LogP contribution in [0.2, 0.25) is 10.0 Å². The molecular weight excluding hydrogens is 1180 g/mol. The lowest BCUT2D eigenvalue weighted by Crippen LogP contribution is -2.33. The van der Waals surface area contributed by atoms with E-state index in [1.165, 1.54) is 42.8 Å². The summed E-state index contributed by atoms with van der Waals surface area (Å²) in [6.07, 6.45) is -3.81. The van der Waals surface area contributed by atoms with Gasteiger partial charge in [0.25, 0.3) is 0 Å². The minimum absolute atomic E-state index is 0.0564. The molecule has 2 aliphatic heterocycles. The van der Waals surface area contributed by atoms with Crippen molar-refractivity contribution in [2.75, 3.05) is 51.2 Å². The van der Waals surface area contributed by atoms with Crippen molar-refractivity contribution >= 4 is 63.5 Å². The molecule has 10 aromatic rings. The summed E-state index contributed by atoms with van der Waals surface area (Å²) < 4.78 is 25.5. The summed E-state index contributed by atoms with van der Waals surface area (Å²) in [5.41, 5.74) is 14.3. The fraction of sp³-hybridized carbons (Fsp3) is 0.288. The summed E-state index contributed by atoms with van der Waals surface area (Å²) >= 11 is 11.6. The molecule has 0 aliphatic carbocycles. The highest BCUT2D eigenvalue weighted by Crippen LogP contribution is 2.36. The van der Waals surface area contributed by atoms with E-state index in [9.17, 15) is 25.2 Å². The number of hydrogen-bond donors (Lipinski definition) is 8. The molecule has 0 radical (unpaired) electrons. The summed E-state index contributed by atoms with van der Waals surface area (Å²) in [6.45, 7) is 2.51. The van der Waals surface area contributed by atoms with Gasteiger partial charge in [-0.2, -0.15) is 0 Å².